The van der Waals surface area contributed by atoms with Crippen molar-refractivity contribution in [2.24, 2.45) is 5.10 Å². The lowest BCUT2D eigenvalue weighted by Gasteiger charge is -2.07. The van der Waals surface area contributed by atoms with Crippen LogP contribution in [-0.4, -0.2) is 17.2 Å². The molecule has 2 aromatic rings. The molecule has 2 aromatic carbocycles. The summed E-state index contributed by atoms with van der Waals surface area (Å²) in [5.74, 6) is -0.0788. The first-order chi connectivity index (χ1) is 11.4. The van der Waals surface area contributed by atoms with Gasteiger partial charge in [-0.25, -0.2) is 5.43 Å². The van der Waals surface area contributed by atoms with Crippen molar-refractivity contribution in [2.75, 3.05) is 0 Å². The highest BCUT2D eigenvalue weighted by Crippen LogP contribution is 2.35. The number of hydrazone groups is 1. The van der Waals surface area contributed by atoms with Crippen molar-refractivity contribution in [3.05, 3.63) is 61.5 Å². The third kappa shape index (κ3) is 4.92. The molecule has 0 atom stereocenters. The molecule has 0 aliphatic rings. The maximum Gasteiger partial charge on any atom is 0.240 e. The van der Waals surface area contributed by atoms with E-state index in [9.17, 15) is 9.90 Å². The molecule has 24 heavy (non-hydrogen) atoms. The maximum atomic E-state index is 11.8. The fourth-order valence-corrected chi connectivity index (χ4v) is 3.22. The van der Waals surface area contributed by atoms with Crippen LogP contribution in [0.2, 0.25) is 0 Å². The molecule has 0 unspecified atom stereocenters. The predicted octanol–water partition coefficient (Wildman–Crippen LogP) is 4.62. The number of nitrogens with one attached hydrogen (secondary N) is 1. The number of phenolic OH excluding ortho intramolecular Hbond substituents is 1. The van der Waals surface area contributed by atoms with Gasteiger partial charge < -0.3 is 5.11 Å². The zero-order valence-electron chi connectivity index (χ0n) is 13.4. The topological polar surface area (TPSA) is 61.7 Å². The molecule has 0 aliphatic heterocycles. The van der Waals surface area contributed by atoms with E-state index in [-0.39, 0.29) is 11.7 Å². The van der Waals surface area contributed by atoms with Crippen LogP contribution in [0.25, 0.3) is 0 Å². The average molecular weight is 454 g/mol. The number of hydrogen-bond acceptors (Lipinski definition) is 3. The largest absolute Gasteiger partial charge is 0.506 e. The smallest absolute Gasteiger partial charge is 0.240 e. The summed E-state index contributed by atoms with van der Waals surface area (Å²) in [7, 11) is 0. The number of carbonyl (C=O) groups is 1. The van der Waals surface area contributed by atoms with Crippen LogP contribution >= 0.6 is 31.9 Å². The van der Waals surface area contributed by atoms with Gasteiger partial charge in [0.1, 0.15) is 5.75 Å². The Kier molecular flexibility index (Phi) is 6.57. The summed E-state index contributed by atoms with van der Waals surface area (Å²) in [6.07, 6.45) is 2.44. The van der Waals surface area contributed by atoms with E-state index in [1.807, 2.05) is 38.1 Å². The number of rotatable bonds is 5. The van der Waals surface area contributed by atoms with E-state index in [0.29, 0.717) is 22.9 Å². The minimum absolute atomic E-state index is 0.0911. The Bertz CT molecular complexity index is 772. The zero-order chi connectivity index (χ0) is 17.7. The molecule has 1 amide bonds. The van der Waals surface area contributed by atoms with Crippen molar-refractivity contribution in [1.82, 2.24) is 5.43 Å². The molecule has 0 aromatic heterocycles. The Hall–Kier alpha value is -1.66. The number of aromatic hydroxyl groups is 1. The van der Waals surface area contributed by atoms with Crippen LogP contribution < -0.4 is 5.43 Å². The van der Waals surface area contributed by atoms with Crippen LogP contribution in [0.1, 0.15) is 28.7 Å². The van der Waals surface area contributed by atoms with Crippen molar-refractivity contribution in [2.45, 2.75) is 26.7 Å². The van der Waals surface area contributed by atoms with Crippen molar-refractivity contribution >= 4 is 44.0 Å². The number of carbonyl (C=O) groups excluding carboxylic acids is 1. The van der Waals surface area contributed by atoms with Gasteiger partial charge in [0.15, 0.2) is 0 Å². The molecule has 0 fully saturated rings. The summed E-state index contributed by atoms with van der Waals surface area (Å²) in [5, 5.41) is 14.0. The van der Waals surface area contributed by atoms with Crippen LogP contribution in [0.5, 0.6) is 5.75 Å². The number of hydrogen-bond donors (Lipinski definition) is 2. The molecule has 0 saturated heterocycles. The van der Waals surface area contributed by atoms with Gasteiger partial charge in [-0.2, -0.15) is 5.10 Å². The number of benzene rings is 2. The Morgan fingerprint density at radius 3 is 2.58 bits per heavy atom. The van der Waals surface area contributed by atoms with Gasteiger partial charge in [-0.3, -0.25) is 4.79 Å². The van der Waals surface area contributed by atoms with Crippen LogP contribution in [0.3, 0.4) is 0 Å². The lowest BCUT2D eigenvalue weighted by Crippen LogP contribution is -2.17. The normalized spacial score (nSPS) is 11.0. The van der Waals surface area contributed by atoms with Gasteiger partial charge in [-0.1, -0.05) is 45.8 Å². The molecule has 2 N–H and O–H groups in total. The van der Waals surface area contributed by atoms with E-state index in [1.54, 1.807) is 6.07 Å². The molecule has 4 nitrogen and oxygen atoms in total. The number of phenols is 1. The van der Waals surface area contributed by atoms with E-state index in [2.05, 4.69) is 42.4 Å². The first-order valence-electron chi connectivity index (χ1n) is 7.43. The quantitative estimate of drug-likeness (QED) is 0.512. The van der Waals surface area contributed by atoms with E-state index in [1.165, 1.54) is 11.8 Å². The van der Waals surface area contributed by atoms with Crippen LogP contribution in [0.15, 0.2) is 44.4 Å². The summed E-state index contributed by atoms with van der Waals surface area (Å²) < 4.78 is 1.45. The molecule has 0 aliphatic carbocycles. The fourth-order valence-electron chi connectivity index (χ4n) is 2.06. The third-order valence-corrected chi connectivity index (χ3v) is 5.40. The summed E-state index contributed by atoms with van der Waals surface area (Å²) >= 11 is 6.75. The van der Waals surface area contributed by atoms with Crippen LogP contribution in [0, 0.1) is 13.8 Å². The zero-order valence-corrected chi connectivity index (χ0v) is 16.6. The number of amides is 1. The molecule has 0 bridgehead atoms. The highest BCUT2D eigenvalue weighted by Gasteiger charge is 2.10. The van der Waals surface area contributed by atoms with Gasteiger partial charge in [-0.15, -0.1) is 0 Å². The van der Waals surface area contributed by atoms with Gasteiger partial charge >= 0.3 is 0 Å². The number of halogens is 2. The lowest BCUT2D eigenvalue weighted by atomic mass is 10.1. The van der Waals surface area contributed by atoms with Crippen molar-refractivity contribution in [1.29, 1.82) is 0 Å². The molecule has 2 rings (SSSR count). The highest BCUT2D eigenvalue weighted by molar-refractivity contribution is 9.11. The molecule has 0 spiro atoms. The Labute approximate surface area is 158 Å². The Morgan fingerprint density at radius 1 is 1.25 bits per heavy atom. The van der Waals surface area contributed by atoms with E-state index in [0.717, 1.165) is 15.6 Å². The molecule has 0 heterocycles. The molecular formula is C18H18Br2N2O2. The van der Waals surface area contributed by atoms with E-state index in [4.69, 9.17) is 0 Å². The second-order valence-corrected chi connectivity index (χ2v) is 7.16. The van der Waals surface area contributed by atoms with Crippen LogP contribution in [-0.2, 0) is 11.2 Å². The summed E-state index contributed by atoms with van der Waals surface area (Å²) in [6, 6.07) is 9.84. The average Bonchev–Trinajstić information content (AvgIpc) is 2.57. The Balaban J connectivity index is 1.92. The van der Waals surface area contributed by atoms with Gasteiger partial charge in [0.05, 0.1) is 10.7 Å². The van der Waals surface area contributed by atoms with Crippen LogP contribution in [0.4, 0.5) is 0 Å². The third-order valence-electron chi connectivity index (χ3n) is 3.61. The number of nitrogens with zero attached hydrogens (tertiary/aromatic N) is 1. The first-order valence-corrected chi connectivity index (χ1v) is 9.02. The lowest BCUT2D eigenvalue weighted by molar-refractivity contribution is -0.121. The molecular weight excluding hydrogens is 436 g/mol. The summed E-state index contributed by atoms with van der Waals surface area (Å²) in [5.41, 5.74) is 6.20. The fraction of sp³-hybridized carbons (Fsp3) is 0.222. The summed E-state index contributed by atoms with van der Waals surface area (Å²) in [4.78, 5) is 11.8. The SMILES string of the molecule is Cc1ccc(CCC(=O)N/N=C\c2cc(Br)c(C)c(Br)c2O)cc1. The van der Waals surface area contributed by atoms with Gasteiger partial charge in [0.2, 0.25) is 5.91 Å². The predicted molar refractivity (Wildman–Crippen MR) is 103 cm³/mol. The minimum Gasteiger partial charge on any atom is -0.506 e. The van der Waals surface area contributed by atoms with Crippen molar-refractivity contribution < 1.29 is 9.90 Å². The minimum atomic E-state index is -0.170. The van der Waals surface area contributed by atoms with Gasteiger partial charge in [-0.05, 0) is 53.4 Å². The first kappa shape index (κ1) is 18.7. The Morgan fingerprint density at radius 2 is 1.92 bits per heavy atom. The maximum absolute atomic E-state index is 11.8. The van der Waals surface area contributed by atoms with Crippen molar-refractivity contribution in [3.63, 3.8) is 0 Å². The van der Waals surface area contributed by atoms with Gasteiger partial charge in [0.25, 0.3) is 0 Å². The van der Waals surface area contributed by atoms with E-state index < -0.39 is 0 Å². The highest BCUT2D eigenvalue weighted by atomic mass is 79.9. The molecule has 126 valence electrons. The molecule has 0 radical (unpaired) electrons. The molecule has 0 saturated carbocycles. The molecule has 6 heteroatoms. The monoisotopic (exact) mass is 452 g/mol. The second kappa shape index (κ2) is 8.44. The van der Waals surface area contributed by atoms with Crippen molar-refractivity contribution in [3.8, 4) is 5.75 Å². The standard InChI is InChI=1S/C18H18Br2N2O2/c1-11-3-5-13(6-4-11)7-8-16(23)22-21-10-14-9-15(19)12(2)17(20)18(14)24/h3-6,9-10,24H,7-8H2,1-2H3,(H,22,23)/b21-10-. The second-order valence-electron chi connectivity index (χ2n) is 5.51. The number of aryl methyl sites for hydroxylation is 2. The van der Waals surface area contributed by atoms with E-state index >= 15 is 0 Å². The van der Waals surface area contributed by atoms with Gasteiger partial charge in [0, 0.05) is 16.5 Å². The summed E-state index contributed by atoms with van der Waals surface area (Å²) in [6.45, 7) is 3.91.